The fourth-order valence-corrected chi connectivity index (χ4v) is 2.71. The van der Waals surface area contributed by atoms with Gasteiger partial charge in [-0.15, -0.1) is 0 Å². The Morgan fingerprint density at radius 3 is 2.30 bits per heavy atom. The molecule has 0 aromatic heterocycles. The van der Waals surface area contributed by atoms with Crippen molar-refractivity contribution in [2.75, 3.05) is 18.0 Å². The maximum absolute atomic E-state index is 12.6. The molecule has 9 heteroatoms. The smallest absolute Gasteiger partial charge is 0.308 e. The van der Waals surface area contributed by atoms with Crippen LogP contribution in [-0.4, -0.2) is 41.9 Å². The van der Waals surface area contributed by atoms with Crippen LogP contribution in [0.4, 0.5) is 11.4 Å². The highest BCUT2D eigenvalue weighted by molar-refractivity contribution is 5.97. The summed E-state index contributed by atoms with van der Waals surface area (Å²) in [6.07, 6.45) is -1.09. The van der Waals surface area contributed by atoms with Gasteiger partial charge in [0.25, 0.3) is 17.5 Å². The SMILES string of the molecule is CCN(C(=O)[C@H](C)OC(=O)CCNC(=O)c1ccc([N+](=O)[O-])cc1)c1ccccc1. The summed E-state index contributed by atoms with van der Waals surface area (Å²) in [4.78, 5) is 48.2. The third-order valence-corrected chi connectivity index (χ3v) is 4.26. The van der Waals surface area contributed by atoms with Gasteiger partial charge < -0.3 is 15.0 Å². The number of carbonyl (C=O) groups excluding carboxylic acids is 3. The lowest BCUT2D eigenvalue weighted by Crippen LogP contribution is -2.40. The van der Waals surface area contributed by atoms with Gasteiger partial charge in [0.05, 0.1) is 11.3 Å². The van der Waals surface area contributed by atoms with Crippen LogP contribution in [0.15, 0.2) is 54.6 Å². The zero-order valence-electron chi connectivity index (χ0n) is 16.7. The van der Waals surface area contributed by atoms with Crippen molar-refractivity contribution in [2.45, 2.75) is 26.4 Å². The molecule has 2 aromatic rings. The number of hydrogen-bond donors (Lipinski definition) is 1. The Hall–Kier alpha value is -3.75. The molecule has 0 aliphatic carbocycles. The molecule has 0 bridgehead atoms. The highest BCUT2D eigenvalue weighted by Gasteiger charge is 2.24. The van der Waals surface area contributed by atoms with Crippen LogP contribution in [0.25, 0.3) is 0 Å². The van der Waals surface area contributed by atoms with E-state index in [4.69, 9.17) is 4.74 Å². The van der Waals surface area contributed by atoms with Crippen LogP contribution >= 0.6 is 0 Å². The Morgan fingerprint density at radius 1 is 1.10 bits per heavy atom. The van der Waals surface area contributed by atoms with Gasteiger partial charge in [-0.2, -0.15) is 0 Å². The van der Waals surface area contributed by atoms with Crippen LogP contribution in [0.2, 0.25) is 0 Å². The number of likely N-dealkylation sites (N-methyl/N-ethyl adjacent to an activating group) is 1. The number of hydrogen-bond acceptors (Lipinski definition) is 6. The second-order valence-corrected chi connectivity index (χ2v) is 6.36. The van der Waals surface area contributed by atoms with Crippen molar-refractivity contribution in [2.24, 2.45) is 0 Å². The molecule has 2 rings (SSSR count). The lowest BCUT2D eigenvalue weighted by molar-refractivity contribution is -0.384. The summed E-state index contributed by atoms with van der Waals surface area (Å²) in [5, 5.41) is 13.2. The molecule has 0 fully saturated rings. The largest absolute Gasteiger partial charge is 0.452 e. The van der Waals surface area contributed by atoms with Gasteiger partial charge >= 0.3 is 5.97 Å². The van der Waals surface area contributed by atoms with Crippen molar-refractivity contribution in [3.63, 3.8) is 0 Å². The summed E-state index contributed by atoms with van der Waals surface area (Å²) in [5.74, 6) is -1.43. The number of benzene rings is 2. The highest BCUT2D eigenvalue weighted by atomic mass is 16.6. The lowest BCUT2D eigenvalue weighted by atomic mass is 10.2. The first kappa shape index (κ1) is 22.5. The zero-order valence-corrected chi connectivity index (χ0v) is 16.7. The van der Waals surface area contributed by atoms with Gasteiger partial charge in [-0.05, 0) is 38.1 Å². The highest BCUT2D eigenvalue weighted by Crippen LogP contribution is 2.15. The molecule has 0 spiro atoms. The molecule has 1 N–H and O–H groups in total. The van der Waals surface area contributed by atoms with E-state index in [0.29, 0.717) is 12.2 Å². The van der Waals surface area contributed by atoms with Crippen LogP contribution in [-0.2, 0) is 14.3 Å². The lowest BCUT2D eigenvalue weighted by Gasteiger charge is -2.24. The zero-order chi connectivity index (χ0) is 22.1. The number of nitrogens with zero attached hydrogens (tertiary/aromatic N) is 2. The Morgan fingerprint density at radius 2 is 1.73 bits per heavy atom. The van der Waals surface area contributed by atoms with Gasteiger partial charge in [-0.3, -0.25) is 24.5 Å². The van der Waals surface area contributed by atoms with Crippen LogP contribution in [0.3, 0.4) is 0 Å². The van der Waals surface area contributed by atoms with Crippen molar-refractivity contribution in [1.82, 2.24) is 5.32 Å². The average Bonchev–Trinajstić information content (AvgIpc) is 2.74. The number of para-hydroxylation sites is 1. The monoisotopic (exact) mass is 413 g/mol. The first-order valence-electron chi connectivity index (χ1n) is 9.42. The Labute approximate surface area is 173 Å². The number of rotatable bonds is 9. The van der Waals surface area contributed by atoms with Gasteiger partial charge in [-0.1, -0.05) is 18.2 Å². The second-order valence-electron chi connectivity index (χ2n) is 6.36. The molecular formula is C21H23N3O6. The van der Waals surface area contributed by atoms with Crippen LogP contribution in [0.1, 0.15) is 30.6 Å². The quantitative estimate of drug-likeness (QED) is 0.384. The molecule has 0 aliphatic rings. The normalized spacial score (nSPS) is 11.3. The molecular weight excluding hydrogens is 390 g/mol. The molecule has 30 heavy (non-hydrogen) atoms. The van der Waals surface area contributed by atoms with Crippen LogP contribution in [0, 0.1) is 10.1 Å². The number of carbonyl (C=O) groups is 3. The van der Waals surface area contributed by atoms with E-state index in [2.05, 4.69) is 5.32 Å². The first-order valence-corrected chi connectivity index (χ1v) is 9.42. The maximum Gasteiger partial charge on any atom is 0.308 e. The van der Waals surface area contributed by atoms with E-state index in [1.54, 1.807) is 12.1 Å². The van der Waals surface area contributed by atoms with Gasteiger partial charge in [0.1, 0.15) is 0 Å². The molecule has 0 unspecified atom stereocenters. The molecule has 0 aliphatic heterocycles. The summed E-state index contributed by atoms with van der Waals surface area (Å²) < 4.78 is 5.19. The third kappa shape index (κ3) is 6.13. The minimum atomic E-state index is -0.969. The molecule has 0 saturated heterocycles. The van der Waals surface area contributed by atoms with E-state index >= 15 is 0 Å². The number of nitro benzene ring substituents is 1. The number of esters is 1. The van der Waals surface area contributed by atoms with E-state index in [1.807, 2.05) is 25.1 Å². The minimum absolute atomic E-state index is 0.00570. The number of non-ortho nitro benzene ring substituents is 1. The standard InChI is InChI=1S/C21H23N3O6/c1-3-23(17-7-5-4-6-8-17)21(27)15(2)30-19(25)13-14-22-20(26)16-9-11-18(12-10-16)24(28)29/h4-12,15H,3,13-14H2,1-2H3,(H,22,26)/t15-/m0/s1. The third-order valence-electron chi connectivity index (χ3n) is 4.26. The summed E-state index contributed by atoms with van der Waals surface area (Å²) in [5.41, 5.74) is 0.827. The van der Waals surface area contributed by atoms with Crippen molar-refractivity contribution in [3.8, 4) is 0 Å². The summed E-state index contributed by atoms with van der Waals surface area (Å²) in [6, 6.07) is 14.2. The summed E-state index contributed by atoms with van der Waals surface area (Å²) >= 11 is 0. The van der Waals surface area contributed by atoms with Crippen LogP contribution in [0.5, 0.6) is 0 Å². The topological polar surface area (TPSA) is 119 Å². The molecule has 2 aromatic carbocycles. The molecule has 1 atom stereocenters. The first-order chi connectivity index (χ1) is 14.3. The Balaban J connectivity index is 1.81. The number of ether oxygens (including phenoxy) is 1. The fourth-order valence-electron chi connectivity index (χ4n) is 2.71. The molecule has 9 nitrogen and oxygen atoms in total. The molecule has 0 radical (unpaired) electrons. The van der Waals surface area contributed by atoms with Gasteiger partial charge in [0.2, 0.25) is 0 Å². The Kier molecular flexibility index (Phi) is 8.04. The second kappa shape index (κ2) is 10.7. The van der Waals surface area contributed by atoms with E-state index < -0.39 is 22.9 Å². The van der Waals surface area contributed by atoms with Gasteiger partial charge in [0.15, 0.2) is 6.10 Å². The molecule has 158 valence electrons. The van der Waals surface area contributed by atoms with E-state index in [0.717, 1.165) is 0 Å². The van der Waals surface area contributed by atoms with Gasteiger partial charge in [-0.25, -0.2) is 0 Å². The number of nitro groups is 1. The molecule has 0 saturated carbocycles. The summed E-state index contributed by atoms with van der Waals surface area (Å²) in [7, 11) is 0. The summed E-state index contributed by atoms with van der Waals surface area (Å²) in [6.45, 7) is 3.76. The van der Waals surface area contributed by atoms with Crippen molar-refractivity contribution < 1.29 is 24.0 Å². The van der Waals surface area contributed by atoms with E-state index in [9.17, 15) is 24.5 Å². The Bertz CT molecular complexity index is 899. The molecule has 2 amide bonds. The van der Waals surface area contributed by atoms with Crippen molar-refractivity contribution in [1.29, 1.82) is 0 Å². The maximum atomic E-state index is 12.6. The van der Waals surface area contributed by atoms with Crippen molar-refractivity contribution >= 4 is 29.2 Å². The molecule has 0 heterocycles. The fraction of sp³-hybridized carbons (Fsp3) is 0.286. The van der Waals surface area contributed by atoms with Gasteiger partial charge in [0, 0.05) is 36.5 Å². The number of anilines is 1. The van der Waals surface area contributed by atoms with E-state index in [1.165, 1.54) is 36.1 Å². The number of nitrogens with one attached hydrogen (secondary N) is 1. The van der Waals surface area contributed by atoms with E-state index in [-0.39, 0.29) is 30.1 Å². The predicted octanol–water partition coefficient (Wildman–Crippen LogP) is 2.70. The minimum Gasteiger partial charge on any atom is -0.452 e. The predicted molar refractivity (Wildman–Crippen MR) is 110 cm³/mol. The van der Waals surface area contributed by atoms with Crippen molar-refractivity contribution in [3.05, 3.63) is 70.3 Å². The van der Waals surface area contributed by atoms with Crippen LogP contribution < -0.4 is 10.2 Å². The average molecular weight is 413 g/mol. The number of amides is 2.